The number of carbonyl (C=O) groups excluding carboxylic acids is 1. The summed E-state index contributed by atoms with van der Waals surface area (Å²) in [6, 6.07) is 0. The van der Waals surface area contributed by atoms with E-state index >= 15 is 0 Å². The van der Waals surface area contributed by atoms with E-state index in [4.69, 9.17) is 25.7 Å². The first-order valence-electron chi connectivity index (χ1n) is 9.83. The number of fused-ring (bicyclic) bond motifs is 1. The molecule has 2 aromatic heterocycles. The van der Waals surface area contributed by atoms with Gasteiger partial charge < -0.3 is 45.7 Å². The minimum atomic E-state index is -5.07. The van der Waals surface area contributed by atoms with Gasteiger partial charge in [-0.1, -0.05) is 0 Å². The second-order valence-electron chi connectivity index (χ2n) is 8.41. The number of hydrogen-bond acceptors (Lipinski definition) is 12. The molecule has 1 aliphatic rings. The van der Waals surface area contributed by atoms with Crippen molar-refractivity contribution in [2.75, 3.05) is 12.3 Å². The first-order chi connectivity index (χ1) is 15.2. The van der Waals surface area contributed by atoms with Crippen molar-refractivity contribution < 1.29 is 43.6 Å². The minimum absolute atomic E-state index is 0.00703. The van der Waals surface area contributed by atoms with Crippen molar-refractivity contribution in [1.29, 1.82) is 0 Å². The van der Waals surface area contributed by atoms with Crippen molar-refractivity contribution in [2.24, 2.45) is 5.73 Å². The fourth-order valence-corrected chi connectivity index (χ4v) is 3.81. The molecule has 1 aliphatic heterocycles. The van der Waals surface area contributed by atoms with Crippen molar-refractivity contribution in [1.82, 2.24) is 19.5 Å². The Bertz CT molecular complexity index is 1070. The molecule has 3 heterocycles. The summed E-state index contributed by atoms with van der Waals surface area (Å²) < 4.78 is 28.8. The molecule has 1 saturated heterocycles. The molecular weight excluding hydrogens is 463 g/mol. The van der Waals surface area contributed by atoms with Crippen LogP contribution < -0.4 is 11.5 Å². The third-order valence-electron chi connectivity index (χ3n) is 4.62. The predicted molar refractivity (Wildman–Crippen MR) is 111 cm³/mol. The highest BCUT2D eigenvalue weighted by Gasteiger charge is 2.47. The van der Waals surface area contributed by atoms with Crippen LogP contribution in [0.25, 0.3) is 11.2 Å². The van der Waals surface area contributed by atoms with Crippen LogP contribution in [-0.4, -0.2) is 81.9 Å². The lowest BCUT2D eigenvalue weighted by Crippen LogP contribution is -2.38. The van der Waals surface area contributed by atoms with E-state index in [-0.39, 0.29) is 29.4 Å². The largest absolute Gasteiger partial charge is 0.458 e. The number of aliphatic hydroxyl groups excluding tert-OH is 2. The number of nitrogens with zero attached hydrogens (tertiary/aromatic N) is 4. The van der Waals surface area contributed by atoms with Crippen LogP contribution in [0.1, 0.15) is 32.8 Å². The van der Waals surface area contributed by atoms with Crippen LogP contribution in [0.4, 0.5) is 5.82 Å². The Morgan fingerprint density at radius 3 is 2.55 bits per heavy atom. The van der Waals surface area contributed by atoms with Crippen molar-refractivity contribution in [3.63, 3.8) is 0 Å². The van der Waals surface area contributed by atoms with Gasteiger partial charge in [0, 0.05) is 0 Å². The number of anilines is 1. The van der Waals surface area contributed by atoms with Crippen molar-refractivity contribution in [3.8, 4) is 0 Å². The van der Waals surface area contributed by atoms with Crippen LogP contribution in [0.2, 0.25) is 0 Å². The molecule has 1 fully saturated rings. The maximum absolute atomic E-state index is 12.2. The molecule has 33 heavy (non-hydrogen) atoms. The fourth-order valence-electron chi connectivity index (χ4n) is 3.20. The van der Waals surface area contributed by atoms with E-state index in [0.29, 0.717) is 0 Å². The topological polar surface area (TPSA) is 238 Å². The van der Waals surface area contributed by atoms with Gasteiger partial charge in [-0.15, -0.1) is 0 Å². The predicted octanol–water partition coefficient (Wildman–Crippen LogP) is -1.65. The van der Waals surface area contributed by atoms with Gasteiger partial charge in [-0.3, -0.25) is 9.13 Å². The van der Waals surface area contributed by atoms with Crippen LogP contribution in [0, 0.1) is 0 Å². The Hall–Kier alpha value is -2.23. The molecule has 15 nitrogen and oxygen atoms in total. The Morgan fingerprint density at radius 2 is 1.97 bits per heavy atom. The van der Waals surface area contributed by atoms with E-state index in [1.165, 1.54) is 31.7 Å². The normalized spacial score (nSPS) is 24.8. The summed E-state index contributed by atoms with van der Waals surface area (Å²) in [4.78, 5) is 43.5. The average Bonchev–Trinajstić information content (AvgIpc) is 3.22. The number of aliphatic hydroxyl groups is 2. The van der Waals surface area contributed by atoms with Gasteiger partial charge in [0.15, 0.2) is 17.7 Å². The van der Waals surface area contributed by atoms with Crippen LogP contribution >= 0.6 is 7.60 Å². The Balaban J connectivity index is 1.79. The van der Waals surface area contributed by atoms with Crippen LogP contribution in [-0.2, 0) is 30.1 Å². The highest BCUT2D eigenvalue weighted by Crippen LogP contribution is 2.43. The zero-order chi connectivity index (χ0) is 24.7. The van der Waals surface area contributed by atoms with Gasteiger partial charge in [0.2, 0.25) is 0 Å². The molecule has 16 heteroatoms. The van der Waals surface area contributed by atoms with Gasteiger partial charge in [-0.2, -0.15) is 0 Å². The highest BCUT2D eigenvalue weighted by molar-refractivity contribution is 7.53. The molecule has 0 spiro atoms. The lowest BCUT2D eigenvalue weighted by Gasteiger charge is -2.25. The molecule has 0 saturated carbocycles. The van der Waals surface area contributed by atoms with Crippen LogP contribution in [0.3, 0.4) is 0 Å². The number of imidazole rings is 1. The lowest BCUT2D eigenvalue weighted by molar-refractivity contribution is -0.166. The number of ether oxygens (including phenoxy) is 3. The molecule has 0 bridgehead atoms. The minimum Gasteiger partial charge on any atom is -0.458 e. The van der Waals surface area contributed by atoms with E-state index in [9.17, 15) is 29.4 Å². The Morgan fingerprint density at radius 1 is 1.30 bits per heavy atom. The molecule has 1 unspecified atom stereocenters. The molecule has 184 valence electrons. The molecule has 0 aliphatic carbocycles. The molecule has 3 rings (SSSR count). The second-order valence-corrected chi connectivity index (χ2v) is 10.1. The molecule has 0 aromatic carbocycles. The number of aromatic nitrogens is 4. The molecule has 5 atom stereocenters. The zero-order valence-electron chi connectivity index (χ0n) is 18.1. The molecule has 2 aromatic rings. The lowest BCUT2D eigenvalue weighted by atomic mass is 10.1. The van der Waals surface area contributed by atoms with E-state index in [1.54, 1.807) is 0 Å². The first-order valence-corrected chi connectivity index (χ1v) is 11.5. The monoisotopic (exact) mass is 490 g/mol. The molecule has 8 N–H and O–H groups in total. The zero-order valence-corrected chi connectivity index (χ0v) is 19.0. The second kappa shape index (κ2) is 9.19. The molecule has 0 amide bonds. The van der Waals surface area contributed by atoms with Crippen molar-refractivity contribution in [3.05, 3.63) is 12.2 Å². The van der Waals surface area contributed by atoms with Gasteiger partial charge in [0.25, 0.3) is 5.85 Å². The average molecular weight is 490 g/mol. The van der Waals surface area contributed by atoms with Gasteiger partial charge in [-0.25, -0.2) is 19.7 Å². The number of hydrogen-bond donors (Lipinski definition) is 6. The van der Waals surface area contributed by atoms with E-state index in [1.807, 2.05) is 0 Å². The van der Waals surface area contributed by atoms with E-state index in [0.717, 1.165) is 0 Å². The van der Waals surface area contributed by atoms with Gasteiger partial charge in [0.05, 0.1) is 19.5 Å². The number of nitrogens with two attached hydrogens (primary N) is 2. The smallest absolute Gasteiger partial charge is 0.365 e. The number of rotatable bonds is 7. The summed E-state index contributed by atoms with van der Waals surface area (Å²) in [5, 5.41) is 20.9. The van der Waals surface area contributed by atoms with Gasteiger partial charge in [0.1, 0.15) is 35.3 Å². The Labute approximate surface area is 187 Å². The number of nitrogen functional groups attached to an aromatic ring is 1. The fraction of sp³-hybridized carbons (Fsp3) is 0.647. The summed E-state index contributed by atoms with van der Waals surface area (Å²) in [6.45, 7) is 3.92. The summed E-state index contributed by atoms with van der Waals surface area (Å²) in [7, 11) is -5.07. The van der Waals surface area contributed by atoms with E-state index < -0.39 is 56.2 Å². The Kier molecular flexibility index (Phi) is 7.07. The summed E-state index contributed by atoms with van der Waals surface area (Å²) in [5.41, 5.74) is 10.8. The first kappa shape index (κ1) is 25.4. The quantitative estimate of drug-likeness (QED) is 0.188. The maximum atomic E-state index is 12.2. The number of esters is 1. The van der Waals surface area contributed by atoms with Crippen LogP contribution in [0.5, 0.6) is 0 Å². The summed E-state index contributed by atoms with van der Waals surface area (Å²) >= 11 is 0. The van der Waals surface area contributed by atoms with Crippen molar-refractivity contribution in [2.45, 2.75) is 63.3 Å². The summed E-state index contributed by atoms with van der Waals surface area (Å²) in [6.07, 6.45) is -4.21. The number of carbonyl (C=O) groups is 1. The standard InChI is InChI=1S/C17H27N6O9P/c1-17(2,3)32-15(26)16(33(27,28)29)30-5-7-10(24)11(25)14(31-7)23-6-20-9-12(19)21-8(4-18)22-13(9)23/h6-7,10-11,14,16,24-25H,4-5,18H2,1-3H3,(H2,19,21,22)(H2,27,28,29)/t7-,10-,11-,14-,16?/m1/s1. The third-order valence-corrected chi connectivity index (χ3v) is 5.59. The third kappa shape index (κ3) is 5.47. The van der Waals surface area contributed by atoms with Crippen LogP contribution in [0.15, 0.2) is 6.33 Å². The SMILES string of the molecule is CC(C)(C)OC(=O)C(OC[C@H]1O[C@@H](n2cnc3c(N)nc(CN)nc32)[C@H](O)[C@@H]1O)P(=O)(O)O. The van der Waals surface area contributed by atoms with Gasteiger partial charge >= 0.3 is 13.6 Å². The van der Waals surface area contributed by atoms with Crippen molar-refractivity contribution >= 4 is 30.5 Å². The molecular formula is C17H27N6O9P. The maximum Gasteiger partial charge on any atom is 0.365 e. The molecule has 0 radical (unpaired) electrons. The highest BCUT2D eigenvalue weighted by atomic mass is 31.2. The summed E-state index contributed by atoms with van der Waals surface area (Å²) in [5.74, 6) is -3.23. The van der Waals surface area contributed by atoms with Gasteiger partial charge in [-0.05, 0) is 20.8 Å². The van der Waals surface area contributed by atoms with E-state index in [2.05, 4.69) is 15.0 Å².